The Bertz CT molecular complexity index is 3590. The van der Waals surface area contributed by atoms with E-state index in [-0.39, 0.29) is 50.0 Å². The Morgan fingerprint density at radius 1 is 0.415 bits per heavy atom. The summed E-state index contributed by atoms with van der Waals surface area (Å²) in [5, 5.41) is 67.6. The maximum atomic E-state index is 15.1. The van der Waals surface area contributed by atoms with Gasteiger partial charge in [-0.05, 0) is 76.7 Å². The number of aliphatic carboxylic acids is 2. The maximum Gasteiger partial charge on any atom is 0.326 e. The number of fused-ring (bicyclic) bond motifs is 3. The van der Waals surface area contributed by atoms with E-state index in [2.05, 4.69) is 46.9 Å². The average molecular weight is 1120 g/mol. The van der Waals surface area contributed by atoms with Crippen LogP contribution in [0.2, 0.25) is 0 Å². The number of phenols is 2. The number of aliphatic hydroxyl groups is 1. The number of aromatic nitrogens is 3. The highest BCUT2D eigenvalue weighted by Gasteiger charge is 2.35. The van der Waals surface area contributed by atoms with E-state index in [1.165, 1.54) is 48.5 Å². The van der Waals surface area contributed by atoms with Gasteiger partial charge in [0, 0.05) is 89.8 Å². The van der Waals surface area contributed by atoms with Crippen LogP contribution in [0.4, 0.5) is 0 Å². The summed E-state index contributed by atoms with van der Waals surface area (Å²) >= 11 is 0. The quantitative estimate of drug-likeness (QED) is 0.0351. The molecule has 8 aromatic rings. The number of hydrogen-bond acceptors (Lipinski definition) is 12. The van der Waals surface area contributed by atoms with E-state index in [9.17, 15) is 54.3 Å². The summed E-state index contributed by atoms with van der Waals surface area (Å²) in [6.45, 7) is -0.992. The van der Waals surface area contributed by atoms with E-state index in [1.807, 2.05) is 24.3 Å². The number of aromatic hydroxyl groups is 2. The molecule has 23 heteroatoms. The fourth-order valence-electron chi connectivity index (χ4n) is 9.58. The number of H-pyrrole nitrogens is 3. The van der Waals surface area contributed by atoms with Crippen LogP contribution in [0.15, 0.2) is 140 Å². The van der Waals surface area contributed by atoms with Crippen molar-refractivity contribution in [2.75, 3.05) is 6.61 Å². The van der Waals surface area contributed by atoms with Crippen molar-refractivity contribution in [2.45, 2.75) is 87.2 Å². The molecule has 6 amide bonds. The number of aliphatic hydroxyl groups excluding tert-OH is 1. The van der Waals surface area contributed by atoms with Gasteiger partial charge < -0.3 is 78.1 Å². The molecule has 0 aliphatic rings. The van der Waals surface area contributed by atoms with Gasteiger partial charge in [0.25, 0.3) is 0 Å². The minimum absolute atomic E-state index is 0.0618. The first kappa shape index (κ1) is 58.2. The number of hydrogen-bond donors (Lipinski definition) is 15. The van der Waals surface area contributed by atoms with Crippen LogP contribution in [0.1, 0.15) is 40.7 Å². The lowest BCUT2D eigenvalue weighted by atomic mass is 9.99. The zero-order valence-electron chi connectivity index (χ0n) is 44.1. The molecule has 0 aliphatic carbocycles. The van der Waals surface area contributed by atoms with Gasteiger partial charge in [-0.3, -0.25) is 33.6 Å². The number of carboxylic acid groups (broad SMARTS) is 2. The summed E-state index contributed by atoms with van der Waals surface area (Å²) in [5.41, 5.74) is 10.9. The van der Waals surface area contributed by atoms with Crippen molar-refractivity contribution in [1.82, 2.24) is 46.9 Å². The molecule has 0 spiro atoms. The van der Waals surface area contributed by atoms with Gasteiger partial charge in [-0.2, -0.15) is 0 Å². The predicted molar refractivity (Wildman–Crippen MR) is 301 cm³/mol. The highest BCUT2D eigenvalue weighted by molar-refractivity contribution is 5.99. The number of carbonyl (C=O) groups is 8. The van der Waals surface area contributed by atoms with Crippen LogP contribution in [0.5, 0.6) is 11.5 Å². The molecule has 0 radical (unpaired) electrons. The Kier molecular flexibility index (Phi) is 19.0. The zero-order chi connectivity index (χ0) is 58.5. The van der Waals surface area contributed by atoms with Gasteiger partial charge in [-0.1, -0.05) is 78.9 Å². The highest BCUT2D eigenvalue weighted by Crippen LogP contribution is 2.23. The zero-order valence-corrected chi connectivity index (χ0v) is 44.1. The lowest BCUT2D eigenvalue weighted by molar-refractivity contribution is -0.142. The molecule has 0 unspecified atom stereocenters. The van der Waals surface area contributed by atoms with Crippen LogP contribution in [0.25, 0.3) is 32.7 Å². The van der Waals surface area contributed by atoms with Crippen LogP contribution in [0.3, 0.4) is 0 Å². The molecule has 23 nitrogen and oxygen atoms in total. The lowest BCUT2D eigenvalue weighted by Crippen LogP contribution is -2.61. The van der Waals surface area contributed by atoms with E-state index in [1.54, 1.807) is 67.1 Å². The third-order valence-electron chi connectivity index (χ3n) is 14.0. The second-order valence-electron chi connectivity index (χ2n) is 19.9. The summed E-state index contributed by atoms with van der Waals surface area (Å²) in [5.74, 6) is -8.27. The fraction of sp³-hybridized carbons (Fsp3) is 0.254. The van der Waals surface area contributed by atoms with E-state index >= 15 is 9.59 Å². The van der Waals surface area contributed by atoms with Crippen molar-refractivity contribution in [3.63, 3.8) is 0 Å². The van der Waals surface area contributed by atoms with Gasteiger partial charge in [0.05, 0.1) is 12.6 Å². The first-order chi connectivity index (χ1) is 39.4. The lowest BCUT2D eigenvalue weighted by Gasteiger charge is -2.27. The Labute approximate surface area is 468 Å². The second-order valence-corrected chi connectivity index (χ2v) is 19.9. The normalized spacial score (nSPS) is 13.9. The number of nitrogens with two attached hydrogens (primary N) is 1. The maximum absolute atomic E-state index is 15.1. The average Bonchev–Trinajstić information content (AvgIpc) is 4.23. The molecular weight excluding hydrogens is 1060 g/mol. The van der Waals surface area contributed by atoms with Crippen LogP contribution < -0.4 is 37.6 Å². The van der Waals surface area contributed by atoms with E-state index in [0.29, 0.717) is 49.6 Å². The van der Waals surface area contributed by atoms with E-state index in [0.717, 1.165) is 10.9 Å². The molecule has 0 bridgehead atoms. The number of amides is 6. The fourth-order valence-corrected chi connectivity index (χ4v) is 9.58. The van der Waals surface area contributed by atoms with Crippen LogP contribution in [-0.2, 0) is 70.5 Å². The topological polar surface area (TPSA) is 383 Å². The van der Waals surface area contributed by atoms with Crippen molar-refractivity contribution in [1.29, 1.82) is 0 Å². The number of carboxylic acids is 2. The van der Waals surface area contributed by atoms with Crippen molar-refractivity contribution >= 4 is 80.1 Å². The summed E-state index contributed by atoms with van der Waals surface area (Å²) in [6, 6.07) is 22.5. The number of para-hydroxylation sites is 3. The monoisotopic (exact) mass is 1120 g/mol. The molecule has 426 valence electrons. The molecule has 3 heterocycles. The van der Waals surface area contributed by atoms with Crippen LogP contribution >= 0.6 is 0 Å². The first-order valence-corrected chi connectivity index (χ1v) is 26.3. The number of phenolic OH excluding ortho intramolecular Hbond substituents is 2. The van der Waals surface area contributed by atoms with Crippen molar-refractivity contribution in [3.05, 3.63) is 168 Å². The molecule has 8 rings (SSSR count). The van der Waals surface area contributed by atoms with Gasteiger partial charge in [0.15, 0.2) is 0 Å². The van der Waals surface area contributed by atoms with E-state index in [4.69, 9.17) is 5.73 Å². The second kappa shape index (κ2) is 26.8. The molecule has 0 fully saturated rings. The van der Waals surface area contributed by atoms with Gasteiger partial charge in [0.2, 0.25) is 35.4 Å². The van der Waals surface area contributed by atoms with Gasteiger partial charge >= 0.3 is 11.9 Å². The Morgan fingerprint density at radius 3 is 1.10 bits per heavy atom. The summed E-state index contributed by atoms with van der Waals surface area (Å²) in [4.78, 5) is 120. The van der Waals surface area contributed by atoms with Crippen molar-refractivity contribution in [2.24, 2.45) is 5.73 Å². The predicted octanol–water partition coefficient (Wildman–Crippen LogP) is 2.23. The molecule has 7 atom stereocenters. The number of rotatable bonds is 27. The Morgan fingerprint density at radius 2 is 0.732 bits per heavy atom. The summed E-state index contributed by atoms with van der Waals surface area (Å²) < 4.78 is 0. The smallest absolute Gasteiger partial charge is 0.326 e. The number of aromatic amines is 3. The standard InChI is InChI=1S/C59H62N10O13/c60-42(21-22-52(73)74)53(75)64-47(25-34-28-61-43-10-4-1-7-39(34)43)55(77)65-46(23-32-13-17-37(71)18-14-32)54(76)66-48(26-35-29-62-44-11-5-2-8-40(35)44)56(78)67-49(27-36-30-63-45-12-6-3-9-41(36)45)57(79)69-51(31-70)58(80)68-50(59(81)82)24-33-15-19-38(72)20-16-33/h1-20,28-30,42,46-51,61-63,70-72H,21-27,31,60H2,(H,64,75)(H,65,77)(H,66,76)(H,67,78)(H,68,80)(H,69,79)(H,73,74)(H,81,82)/t42-,46-,47-,48-,49-,50-,51-/m0/s1. The molecule has 0 aliphatic heterocycles. The van der Waals surface area contributed by atoms with E-state index < -0.39 is 103 Å². The van der Waals surface area contributed by atoms with Gasteiger partial charge in [-0.15, -0.1) is 0 Å². The summed E-state index contributed by atoms with van der Waals surface area (Å²) in [7, 11) is 0. The van der Waals surface area contributed by atoms with Crippen LogP contribution in [0, 0.1) is 0 Å². The third kappa shape index (κ3) is 15.0. The molecule has 3 aromatic heterocycles. The third-order valence-corrected chi connectivity index (χ3v) is 14.0. The molecule has 5 aromatic carbocycles. The first-order valence-electron chi connectivity index (χ1n) is 26.3. The number of nitrogens with one attached hydrogen (secondary N) is 9. The molecule has 0 saturated heterocycles. The molecule has 16 N–H and O–H groups in total. The number of carbonyl (C=O) groups excluding carboxylic acids is 6. The minimum Gasteiger partial charge on any atom is -0.508 e. The molecular formula is C59H62N10O13. The summed E-state index contributed by atoms with van der Waals surface area (Å²) in [6.07, 6.45) is 3.30. The van der Waals surface area contributed by atoms with Gasteiger partial charge in [-0.25, -0.2) is 4.79 Å². The Balaban J connectivity index is 1.10. The largest absolute Gasteiger partial charge is 0.508 e. The minimum atomic E-state index is -1.73. The molecule has 0 saturated carbocycles. The van der Waals surface area contributed by atoms with Gasteiger partial charge in [0.1, 0.15) is 47.8 Å². The van der Waals surface area contributed by atoms with Crippen molar-refractivity contribution < 1.29 is 63.9 Å². The van der Waals surface area contributed by atoms with Crippen LogP contribution in [-0.4, -0.2) is 137 Å². The number of benzene rings is 5. The highest BCUT2D eigenvalue weighted by atomic mass is 16.4. The SMILES string of the molecule is N[C@@H](CCC(=O)O)C(=O)N[C@@H](Cc1c[nH]c2ccccc12)C(=O)N[C@@H](Cc1ccc(O)cc1)C(=O)N[C@@H](Cc1c[nH]c2ccccc12)C(=O)N[C@@H](Cc1c[nH]c2ccccc12)C(=O)N[C@@H](CO)C(=O)N[C@@H](Cc1ccc(O)cc1)C(=O)O. The molecule has 82 heavy (non-hydrogen) atoms. The van der Waals surface area contributed by atoms with Crippen molar-refractivity contribution in [3.8, 4) is 11.5 Å². The Hall–Kier alpha value is -10.0.